The molecule has 1 aliphatic rings. The van der Waals surface area contributed by atoms with Crippen LogP contribution in [0.5, 0.6) is 0 Å². The summed E-state index contributed by atoms with van der Waals surface area (Å²) in [6, 6.07) is 3.76. The molecule has 0 amide bonds. The Morgan fingerprint density at radius 3 is 3.14 bits per heavy atom. The lowest BCUT2D eigenvalue weighted by atomic mass is 10.0. The average molecular weight is 197 g/mol. The zero-order valence-corrected chi connectivity index (χ0v) is 8.03. The van der Waals surface area contributed by atoms with Crippen LogP contribution in [-0.2, 0) is 11.3 Å². The van der Waals surface area contributed by atoms with Gasteiger partial charge in [-0.15, -0.1) is 0 Å². The predicted octanol–water partition coefficient (Wildman–Crippen LogP) is 0.521. The molecule has 0 bridgehead atoms. The fourth-order valence-corrected chi connectivity index (χ4v) is 1.57. The summed E-state index contributed by atoms with van der Waals surface area (Å²) in [5.41, 5.74) is -0.688. The van der Waals surface area contributed by atoms with Crippen LogP contribution in [0.2, 0.25) is 0 Å². The van der Waals surface area contributed by atoms with Crippen LogP contribution in [0.1, 0.15) is 12.2 Å². The minimum Gasteiger partial charge on any atom is -0.468 e. The predicted molar refractivity (Wildman–Crippen MR) is 50.8 cm³/mol. The fourth-order valence-electron chi connectivity index (χ4n) is 1.57. The molecule has 0 aromatic carbocycles. The van der Waals surface area contributed by atoms with Crippen LogP contribution in [0.3, 0.4) is 0 Å². The molecule has 2 rings (SSSR count). The van der Waals surface area contributed by atoms with Gasteiger partial charge in [-0.05, 0) is 12.1 Å². The number of ether oxygens (including phenoxy) is 1. The third-order valence-electron chi connectivity index (χ3n) is 2.42. The van der Waals surface area contributed by atoms with E-state index in [1.54, 1.807) is 6.26 Å². The number of rotatable bonds is 4. The maximum absolute atomic E-state index is 9.90. The molecule has 2 heterocycles. The summed E-state index contributed by atoms with van der Waals surface area (Å²) in [5.74, 6) is 0.882. The SMILES string of the molecule is OC1(CNCc2ccco2)CCOC1. The van der Waals surface area contributed by atoms with Crippen molar-refractivity contribution in [1.29, 1.82) is 0 Å². The fraction of sp³-hybridized carbons (Fsp3) is 0.600. The minimum absolute atomic E-state index is 0.429. The lowest BCUT2D eigenvalue weighted by molar-refractivity contribution is 0.0265. The first kappa shape index (κ1) is 9.71. The third-order valence-corrected chi connectivity index (χ3v) is 2.42. The molecular formula is C10H15NO3. The summed E-state index contributed by atoms with van der Waals surface area (Å²) in [4.78, 5) is 0. The van der Waals surface area contributed by atoms with Gasteiger partial charge in [0.05, 0.1) is 19.4 Å². The van der Waals surface area contributed by atoms with Crippen molar-refractivity contribution in [2.24, 2.45) is 0 Å². The first-order chi connectivity index (χ1) is 6.79. The van der Waals surface area contributed by atoms with Gasteiger partial charge in [0, 0.05) is 19.6 Å². The summed E-state index contributed by atoms with van der Waals surface area (Å²) in [5, 5.41) is 13.0. The first-order valence-electron chi connectivity index (χ1n) is 4.82. The van der Waals surface area contributed by atoms with E-state index in [0.717, 1.165) is 5.76 Å². The van der Waals surface area contributed by atoms with E-state index < -0.39 is 5.60 Å². The van der Waals surface area contributed by atoms with Gasteiger partial charge in [0.1, 0.15) is 11.4 Å². The summed E-state index contributed by atoms with van der Waals surface area (Å²) >= 11 is 0. The molecule has 1 atom stereocenters. The molecule has 2 N–H and O–H groups in total. The van der Waals surface area contributed by atoms with Crippen LogP contribution >= 0.6 is 0 Å². The molecule has 78 valence electrons. The quantitative estimate of drug-likeness (QED) is 0.739. The minimum atomic E-state index is -0.688. The van der Waals surface area contributed by atoms with Crippen LogP contribution in [-0.4, -0.2) is 30.5 Å². The van der Waals surface area contributed by atoms with E-state index in [0.29, 0.717) is 32.7 Å². The monoisotopic (exact) mass is 197 g/mol. The van der Waals surface area contributed by atoms with E-state index in [9.17, 15) is 5.11 Å². The Kier molecular flexibility index (Phi) is 2.86. The van der Waals surface area contributed by atoms with Crippen molar-refractivity contribution in [1.82, 2.24) is 5.32 Å². The molecule has 0 saturated carbocycles. The Balaban J connectivity index is 1.72. The lowest BCUT2D eigenvalue weighted by Gasteiger charge is -2.20. The normalized spacial score (nSPS) is 26.9. The molecule has 4 nitrogen and oxygen atoms in total. The van der Waals surface area contributed by atoms with Gasteiger partial charge in [0.15, 0.2) is 0 Å². The van der Waals surface area contributed by atoms with Gasteiger partial charge in [-0.1, -0.05) is 0 Å². The van der Waals surface area contributed by atoms with E-state index >= 15 is 0 Å². The van der Waals surface area contributed by atoms with Crippen molar-refractivity contribution in [3.05, 3.63) is 24.2 Å². The van der Waals surface area contributed by atoms with Gasteiger partial charge in [-0.3, -0.25) is 0 Å². The summed E-state index contributed by atoms with van der Waals surface area (Å²) in [6.07, 6.45) is 2.35. The van der Waals surface area contributed by atoms with E-state index in [-0.39, 0.29) is 0 Å². The maximum Gasteiger partial charge on any atom is 0.117 e. The highest BCUT2D eigenvalue weighted by Gasteiger charge is 2.31. The van der Waals surface area contributed by atoms with Gasteiger partial charge in [-0.25, -0.2) is 0 Å². The van der Waals surface area contributed by atoms with Gasteiger partial charge in [0.2, 0.25) is 0 Å². The number of nitrogens with one attached hydrogen (secondary N) is 1. The molecule has 4 heteroatoms. The van der Waals surface area contributed by atoms with Crippen LogP contribution in [0, 0.1) is 0 Å². The Bertz CT molecular complexity index is 265. The van der Waals surface area contributed by atoms with Gasteiger partial charge >= 0.3 is 0 Å². The largest absolute Gasteiger partial charge is 0.468 e. The van der Waals surface area contributed by atoms with Crippen LogP contribution < -0.4 is 5.32 Å². The van der Waals surface area contributed by atoms with Gasteiger partial charge in [-0.2, -0.15) is 0 Å². The van der Waals surface area contributed by atoms with Crippen molar-refractivity contribution in [2.75, 3.05) is 19.8 Å². The highest BCUT2D eigenvalue weighted by Crippen LogP contribution is 2.17. The molecule has 0 aliphatic carbocycles. The lowest BCUT2D eigenvalue weighted by Crippen LogP contribution is -2.40. The molecule has 0 radical (unpaired) electrons. The first-order valence-corrected chi connectivity index (χ1v) is 4.82. The molecule has 1 aromatic heterocycles. The molecule has 1 unspecified atom stereocenters. The zero-order chi connectivity index (χ0) is 9.86. The number of aliphatic hydroxyl groups is 1. The van der Waals surface area contributed by atoms with Gasteiger partial charge < -0.3 is 19.6 Å². The number of hydrogen-bond acceptors (Lipinski definition) is 4. The molecule has 1 aromatic rings. The van der Waals surface area contributed by atoms with Crippen molar-refractivity contribution in [2.45, 2.75) is 18.6 Å². The highest BCUT2D eigenvalue weighted by atomic mass is 16.5. The summed E-state index contributed by atoms with van der Waals surface area (Å²) in [6.45, 7) is 2.28. The zero-order valence-electron chi connectivity index (χ0n) is 8.03. The molecular weight excluding hydrogens is 182 g/mol. The number of hydrogen-bond donors (Lipinski definition) is 2. The van der Waals surface area contributed by atoms with Crippen molar-refractivity contribution >= 4 is 0 Å². The molecule has 1 aliphatic heterocycles. The van der Waals surface area contributed by atoms with Crippen LogP contribution in [0.25, 0.3) is 0 Å². The second-order valence-corrected chi connectivity index (χ2v) is 3.71. The highest BCUT2D eigenvalue weighted by molar-refractivity contribution is 4.98. The van der Waals surface area contributed by atoms with Crippen LogP contribution in [0.4, 0.5) is 0 Å². The summed E-state index contributed by atoms with van der Waals surface area (Å²) in [7, 11) is 0. The standard InChI is InChI=1S/C10H15NO3/c12-10(3-5-13-8-10)7-11-6-9-2-1-4-14-9/h1-2,4,11-12H,3,5-8H2. The molecule has 0 spiro atoms. The topological polar surface area (TPSA) is 54.6 Å². The molecule has 1 saturated heterocycles. The molecule has 1 fully saturated rings. The van der Waals surface area contributed by atoms with E-state index in [1.807, 2.05) is 12.1 Å². The third kappa shape index (κ3) is 2.35. The number of furan rings is 1. The smallest absolute Gasteiger partial charge is 0.117 e. The van der Waals surface area contributed by atoms with Crippen LogP contribution in [0.15, 0.2) is 22.8 Å². The Morgan fingerprint density at radius 2 is 2.50 bits per heavy atom. The average Bonchev–Trinajstić information content (AvgIpc) is 2.77. The maximum atomic E-state index is 9.90. The van der Waals surface area contributed by atoms with Crippen molar-refractivity contribution in [3.63, 3.8) is 0 Å². The molecule has 14 heavy (non-hydrogen) atoms. The van der Waals surface area contributed by atoms with E-state index in [2.05, 4.69) is 5.32 Å². The Labute approximate surface area is 82.9 Å². The Morgan fingerprint density at radius 1 is 1.57 bits per heavy atom. The second-order valence-electron chi connectivity index (χ2n) is 3.71. The van der Waals surface area contributed by atoms with Crippen molar-refractivity contribution < 1.29 is 14.3 Å². The van der Waals surface area contributed by atoms with Gasteiger partial charge in [0.25, 0.3) is 0 Å². The Hall–Kier alpha value is -0.840. The summed E-state index contributed by atoms with van der Waals surface area (Å²) < 4.78 is 10.3. The van der Waals surface area contributed by atoms with E-state index in [1.165, 1.54) is 0 Å². The van der Waals surface area contributed by atoms with E-state index in [4.69, 9.17) is 9.15 Å². The second kappa shape index (κ2) is 4.13. The van der Waals surface area contributed by atoms with Crippen molar-refractivity contribution in [3.8, 4) is 0 Å².